The molecule has 3 N–H and O–H groups in total. The molecule has 0 aliphatic carbocycles. The van der Waals surface area contributed by atoms with E-state index in [-0.39, 0.29) is 4.21 Å². The molecule has 0 aliphatic heterocycles. The summed E-state index contributed by atoms with van der Waals surface area (Å²) in [6, 6.07) is 11.5. The van der Waals surface area contributed by atoms with E-state index in [1.54, 1.807) is 5.38 Å². The molecule has 1 atom stereocenters. The number of nitrogens with two attached hydrogens (primary N) is 1. The number of anilines is 1. The van der Waals surface area contributed by atoms with Crippen LogP contribution < -0.4 is 10.5 Å². The first kappa shape index (κ1) is 15.0. The molecule has 0 spiro atoms. The summed E-state index contributed by atoms with van der Waals surface area (Å²) in [5, 5.41) is 1.63. The van der Waals surface area contributed by atoms with Crippen molar-refractivity contribution in [3.63, 3.8) is 0 Å². The average Bonchev–Trinajstić information content (AvgIpc) is 2.87. The molecule has 1 unspecified atom stereocenters. The maximum Gasteiger partial charge on any atom is 0.250 e. The number of sulfonamides is 1. The third kappa shape index (κ3) is 3.82. The van der Waals surface area contributed by atoms with Gasteiger partial charge in [0, 0.05) is 17.6 Å². The standard InChI is InChI=1S/C14H18N2O2S2/c1-11(12-5-3-2-4-6-12)7-8-16-20(17,18)14-9-13(15)10-19-14/h2-6,9-11,16H,7-8,15H2,1H3. The minimum atomic E-state index is -3.43. The van der Waals surface area contributed by atoms with Crippen molar-refractivity contribution in [2.75, 3.05) is 12.3 Å². The van der Waals surface area contributed by atoms with E-state index in [4.69, 9.17) is 5.73 Å². The average molecular weight is 310 g/mol. The quantitative estimate of drug-likeness (QED) is 0.861. The molecule has 2 aromatic rings. The van der Waals surface area contributed by atoms with Gasteiger partial charge in [0.2, 0.25) is 10.0 Å². The van der Waals surface area contributed by atoms with Crippen LogP contribution in [0.2, 0.25) is 0 Å². The van der Waals surface area contributed by atoms with Crippen LogP contribution in [0.4, 0.5) is 5.69 Å². The minimum Gasteiger partial charge on any atom is -0.398 e. The van der Waals surface area contributed by atoms with E-state index in [2.05, 4.69) is 23.8 Å². The summed E-state index contributed by atoms with van der Waals surface area (Å²) in [7, 11) is -3.43. The van der Waals surface area contributed by atoms with Gasteiger partial charge in [0.25, 0.3) is 0 Å². The van der Waals surface area contributed by atoms with Crippen molar-refractivity contribution in [2.45, 2.75) is 23.5 Å². The van der Waals surface area contributed by atoms with Crippen LogP contribution in [-0.4, -0.2) is 15.0 Å². The summed E-state index contributed by atoms with van der Waals surface area (Å²) < 4.78 is 26.9. The van der Waals surface area contributed by atoms with E-state index in [1.165, 1.54) is 11.6 Å². The van der Waals surface area contributed by atoms with Crippen molar-refractivity contribution in [3.05, 3.63) is 47.3 Å². The molecule has 0 fully saturated rings. The second-order valence-electron chi connectivity index (χ2n) is 4.70. The molecule has 1 aromatic heterocycles. The molecule has 6 heteroatoms. The second-order valence-corrected chi connectivity index (χ2v) is 7.60. The van der Waals surface area contributed by atoms with Gasteiger partial charge in [-0.3, -0.25) is 0 Å². The number of benzene rings is 1. The zero-order valence-electron chi connectivity index (χ0n) is 11.2. The number of nitrogens with one attached hydrogen (secondary N) is 1. The summed E-state index contributed by atoms with van der Waals surface area (Å²) in [4.78, 5) is 0. The van der Waals surface area contributed by atoms with E-state index in [1.807, 2.05) is 18.2 Å². The van der Waals surface area contributed by atoms with Crippen molar-refractivity contribution >= 4 is 27.0 Å². The van der Waals surface area contributed by atoms with E-state index >= 15 is 0 Å². The predicted octanol–water partition coefficient (Wildman–Crippen LogP) is 2.80. The Morgan fingerprint density at radius 2 is 2.00 bits per heavy atom. The predicted molar refractivity (Wildman–Crippen MR) is 83.4 cm³/mol. The number of hydrogen-bond acceptors (Lipinski definition) is 4. The van der Waals surface area contributed by atoms with Crippen molar-refractivity contribution in [3.8, 4) is 0 Å². The summed E-state index contributed by atoms with van der Waals surface area (Å²) in [5.41, 5.74) is 7.24. The fourth-order valence-electron chi connectivity index (χ4n) is 1.90. The third-order valence-electron chi connectivity index (χ3n) is 3.10. The van der Waals surface area contributed by atoms with E-state index in [9.17, 15) is 8.42 Å². The van der Waals surface area contributed by atoms with Gasteiger partial charge in [0.15, 0.2) is 0 Å². The van der Waals surface area contributed by atoms with Crippen LogP contribution in [0.3, 0.4) is 0 Å². The zero-order valence-corrected chi connectivity index (χ0v) is 12.9. The van der Waals surface area contributed by atoms with Gasteiger partial charge in [-0.05, 0) is 24.0 Å². The molecule has 0 aliphatic rings. The van der Waals surface area contributed by atoms with Gasteiger partial charge >= 0.3 is 0 Å². The van der Waals surface area contributed by atoms with Crippen molar-refractivity contribution in [1.29, 1.82) is 0 Å². The molecule has 1 aromatic carbocycles. The number of hydrogen-bond donors (Lipinski definition) is 2. The Labute approximate surface area is 123 Å². The van der Waals surface area contributed by atoms with Crippen LogP contribution in [0.5, 0.6) is 0 Å². The van der Waals surface area contributed by atoms with Crippen LogP contribution in [0.1, 0.15) is 24.8 Å². The molecule has 0 saturated carbocycles. The summed E-state index contributed by atoms with van der Waals surface area (Å²) in [6.45, 7) is 2.50. The van der Waals surface area contributed by atoms with Crippen LogP contribution >= 0.6 is 11.3 Å². The molecule has 1 heterocycles. The Balaban J connectivity index is 1.90. The highest BCUT2D eigenvalue weighted by Crippen LogP contribution is 2.22. The van der Waals surface area contributed by atoms with Crippen molar-refractivity contribution < 1.29 is 8.42 Å². The Hall–Kier alpha value is -1.37. The molecule has 4 nitrogen and oxygen atoms in total. The molecular formula is C14H18N2O2S2. The van der Waals surface area contributed by atoms with Crippen LogP contribution in [0.15, 0.2) is 46.0 Å². The number of nitrogen functional groups attached to an aromatic ring is 1. The maximum absolute atomic E-state index is 12.0. The Kier molecular flexibility index (Phi) is 4.80. The molecule has 2 rings (SSSR count). The lowest BCUT2D eigenvalue weighted by molar-refractivity contribution is 0.574. The van der Waals surface area contributed by atoms with E-state index in [0.717, 1.165) is 17.8 Å². The van der Waals surface area contributed by atoms with E-state index < -0.39 is 10.0 Å². The summed E-state index contributed by atoms with van der Waals surface area (Å²) >= 11 is 1.14. The molecule has 108 valence electrons. The fraction of sp³-hybridized carbons (Fsp3) is 0.286. The highest BCUT2D eigenvalue weighted by Gasteiger charge is 2.16. The lowest BCUT2D eigenvalue weighted by atomic mass is 9.98. The van der Waals surface area contributed by atoms with Crippen LogP contribution in [0.25, 0.3) is 0 Å². The van der Waals surface area contributed by atoms with Gasteiger partial charge in [-0.25, -0.2) is 13.1 Å². The van der Waals surface area contributed by atoms with Crippen LogP contribution in [0, 0.1) is 0 Å². The molecule has 0 bridgehead atoms. The van der Waals surface area contributed by atoms with Gasteiger partial charge in [0.1, 0.15) is 4.21 Å². The highest BCUT2D eigenvalue weighted by molar-refractivity contribution is 7.91. The van der Waals surface area contributed by atoms with Gasteiger partial charge in [0.05, 0.1) is 0 Å². The van der Waals surface area contributed by atoms with Crippen molar-refractivity contribution in [1.82, 2.24) is 4.72 Å². The highest BCUT2D eigenvalue weighted by atomic mass is 32.2. The largest absolute Gasteiger partial charge is 0.398 e. The monoisotopic (exact) mass is 310 g/mol. The fourth-order valence-corrected chi connectivity index (χ4v) is 4.07. The van der Waals surface area contributed by atoms with Crippen molar-refractivity contribution in [2.24, 2.45) is 0 Å². The van der Waals surface area contributed by atoms with E-state index in [0.29, 0.717) is 18.2 Å². The molecule has 20 heavy (non-hydrogen) atoms. The van der Waals surface area contributed by atoms with Gasteiger partial charge < -0.3 is 5.73 Å². The summed E-state index contributed by atoms with van der Waals surface area (Å²) in [6.07, 6.45) is 0.754. The lowest BCUT2D eigenvalue weighted by Gasteiger charge is -2.12. The lowest BCUT2D eigenvalue weighted by Crippen LogP contribution is -2.25. The Morgan fingerprint density at radius 3 is 2.60 bits per heavy atom. The second kappa shape index (κ2) is 6.39. The molecule has 0 radical (unpaired) electrons. The topological polar surface area (TPSA) is 72.2 Å². The molecule has 0 amide bonds. The summed E-state index contributed by atoms with van der Waals surface area (Å²) in [5.74, 6) is 0.312. The number of thiophene rings is 1. The smallest absolute Gasteiger partial charge is 0.250 e. The van der Waals surface area contributed by atoms with Gasteiger partial charge in [-0.2, -0.15) is 0 Å². The normalized spacial score (nSPS) is 13.2. The SMILES string of the molecule is CC(CCNS(=O)(=O)c1cc(N)cs1)c1ccccc1. The first-order valence-corrected chi connectivity index (χ1v) is 8.74. The number of rotatable bonds is 6. The Morgan fingerprint density at radius 1 is 1.30 bits per heavy atom. The Bertz CT molecular complexity index is 651. The molecule has 0 saturated heterocycles. The minimum absolute atomic E-state index is 0.266. The van der Waals surface area contributed by atoms with Gasteiger partial charge in [-0.15, -0.1) is 11.3 Å². The third-order valence-corrected chi connectivity index (χ3v) is 6.02. The maximum atomic E-state index is 12.0. The zero-order chi connectivity index (χ0) is 14.6. The van der Waals surface area contributed by atoms with Crippen LogP contribution in [-0.2, 0) is 10.0 Å². The van der Waals surface area contributed by atoms with Gasteiger partial charge in [-0.1, -0.05) is 37.3 Å². The first-order valence-electron chi connectivity index (χ1n) is 6.37. The first-order chi connectivity index (χ1) is 9.49. The molecular weight excluding hydrogens is 292 g/mol.